The lowest BCUT2D eigenvalue weighted by molar-refractivity contribution is -0.142. The molecule has 1 N–H and O–H groups in total. The lowest BCUT2D eigenvalue weighted by atomic mass is 10.2. The number of aromatic nitrogens is 5. The average molecular weight is 305 g/mol. The summed E-state index contributed by atoms with van der Waals surface area (Å²) in [6, 6.07) is 3.55. The molecule has 1 aliphatic heterocycles. The summed E-state index contributed by atoms with van der Waals surface area (Å²) in [5, 5.41) is 18.3. The van der Waals surface area contributed by atoms with Crippen LogP contribution in [0.2, 0.25) is 0 Å². The van der Waals surface area contributed by atoms with Crippen LogP contribution in [0.15, 0.2) is 12.1 Å². The average Bonchev–Trinajstić information content (AvgIpc) is 2.93. The van der Waals surface area contributed by atoms with Gasteiger partial charge in [0.2, 0.25) is 5.91 Å². The molecule has 2 atom stereocenters. The molecule has 3 heterocycles. The summed E-state index contributed by atoms with van der Waals surface area (Å²) in [5.41, 5.74) is 0.581. The van der Waals surface area contributed by atoms with Crippen molar-refractivity contribution in [2.24, 2.45) is 0 Å². The van der Waals surface area contributed by atoms with Crippen LogP contribution in [0.3, 0.4) is 0 Å². The van der Waals surface area contributed by atoms with E-state index in [0.29, 0.717) is 37.5 Å². The lowest BCUT2D eigenvalue weighted by Crippen LogP contribution is -2.48. The largest absolute Gasteiger partial charge is 0.372 e. The van der Waals surface area contributed by atoms with E-state index < -0.39 is 0 Å². The monoisotopic (exact) mass is 305 g/mol. The summed E-state index contributed by atoms with van der Waals surface area (Å²) in [4.78, 5) is 14.1. The van der Waals surface area contributed by atoms with E-state index in [9.17, 15) is 4.79 Å². The third-order valence-corrected chi connectivity index (χ3v) is 3.49. The molecule has 0 unspecified atom stereocenters. The van der Waals surface area contributed by atoms with Gasteiger partial charge in [0.05, 0.1) is 12.2 Å². The number of carbonyl (C=O) groups is 1. The minimum Gasteiger partial charge on any atom is -0.372 e. The van der Waals surface area contributed by atoms with Crippen LogP contribution in [-0.4, -0.2) is 67.9 Å². The second kappa shape index (κ2) is 6.22. The zero-order valence-corrected chi connectivity index (χ0v) is 12.6. The van der Waals surface area contributed by atoms with Gasteiger partial charge in [-0.2, -0.15) is 0 Å². The standard InChI is InChI=1S/C13H19N7O2/c1-9-7-19(8-10(2)22-9)13(21)5-6-14-11-3-4-12-15-17-18-20(12)16-11/h3-4,9-10H,5-8H2,1-2H3,(H,14,16)/t9-,10+. The molecule has 1 amide bonds. The maximum absolute atomic E-state index is 12.2. The number of hydrogen-bond acceptors (Lipinski definition) is 7. The summed E-state index contributed by atoms with van der Waals surface area (Å²) in [6.07, 6.45) is 0.587. The van der Waals surface area contributed by atoms with Gasteiger partial charge in [0, 0.05) is 26.1 Å². The molecular weight excluding hydrogens is 286 g/mol. The van der Waals surface area contributed by atoms with Crippen LogP contribution in [0, 0.1) is 0 Å². The van der Waals surface area contributed by atoms with Gasteiger partial charge < -0.3 is 15.0 Å². The quantitative estimate of drug-likeness (QED) is 0.846. The van der Waals surface area contributed by atoms with Gasteiger partial charge in [-0.05, 0) is 36.4 Å². The van der Waals surface area contributed by atoms with E-state index in [1.165, 1.54) is 4.63 Å². The lowest BCUT2D eigenvalue weighted by Gasteiger charge is -2.35. The molecule has 1 saturated heterocycles. The van der Waals surface area contributed by atoms with Crippen LogP contribution < -0.4 is 5.32 Å². The van der Waals surface area contributed by atoms with E-state index in [2.05, 4.69) is 25.9 Å². The molecule has 9 heteroatoms. The summed E-state index contributed by atoms with van der Waals surface area (Å²) in [5.74, 6) is 0.759. The van der Waals surface area contributed by atoms with Gasteiger partial charge in [0.25, 0.3) is 0 Å². The van der Waals surface area contributed by atoms with Gasteiger partial charge in [0.1, 0.15) is 5.82 Å². The summed E-state index contributed by atoms with van der Waals surface area (Å²) in [6.45, 7) is 5.79. The molecule has 0 aromatic carbocycles. The van der Waals surface area contributed by atoms with Gasteiger partial charge in [-0.15, -0.1) is 14.8 Å². The molecule has 1 aliphatic rings. The molecule has 0 spiro atoms. The number of morpholine rings is 1. The summed E-state index contributed by atoms with van der Waals surface area (Å²) < 4.78 is 6.98. The number of rotatable bonds is 4. The Morgan fingerprint density at radius 3 is 2.91 bits per heavy atom. The van der Waals surface area contributed by atoms with Crippen LogP contribution in [-0.2, 0) is 9.53 Å². The second-order valence-electron chi connectivity index (χ2n) is 5.48. The number of fused-ring (bicyclic) bond motifs is 1. The molecule has 22 heavy (non-hydrogen) atoms. The first-order chi connectivity index (χ1) is 10.6. The van der Waals surface area contributed by atoms with Crippen LogP contribution in [0.4, 0.5) is 5.82 Å². The van der Waals surface area contributed by atoms with Crippen LogP contribution in [0.1, 0.15) is 20.3 Å². The molecule has 118 valence electrons. The van der Waals surface area contributed by atoms with Crippen molar-refractivity contribution in [3.8, 4) is 0 Å². The van der Waals surface area contributed by atoms with Crippen molar-refractivity contribution in [1.82, 2.24) is 30.2 Å². The fourth-order valence-electron chi connectivity index (χ4n) is 2.58. The Balaban J connectivity index is 1.50. The van der Waals surface area contributed by atoms with Crippen molar-refractivity contribution in [1.29, 1.82) is 0 Å². The molecule has 0 aliphatic carbocycles. The fourth-order valence-corrected chi connectivity index (χ4v) is 2.58. The van der Waals surface area contributed by atoms with E-state index in [-0.39, 0.29) is 18.1 Å². The Hall–Kier alpha value is -2.29. The molecular formula is C13H19N7O2. The Labute approximate surface area is 127 Å². The SMILES string of the molecule is C[C@@H]1CN(C(=O)CCNc2ccc3nnnn3n2)C[C@H](C)O1. The maximum Gasteiger partial charge on any atom is 0.224 e. The Morgan fingerprint density at radius 2 is 2.14 bits per heavy atom. The summed E-state index contributed by atoms with van der Waals surface area (Å²) >= 11 is 0. The molecule has 1 fully saturated rings. The minimum absolute atomic E-state index is 0.0875. The first kappa shape index (κ1) is 14.6. The van der Waals surface area contributed by atoms with Crippen molar-refractivity contribution >= 4 is 17.4 Å². The number of anilines is 1. The molecule has 2 aromatic rings. The number of carbonyl (C=O) groups excluding carboxylic acids is 1. The van der Waals surface area contributed by atoms with Crippen LogP contribution in [0.5, 0.6) is 0 Å². The first-order valence-corrected chi connectivity index (χ1v) is 7.34. The first-order valence-electron chi connectivity index (χ1n) is 7.34. The van der Waals surface area contributed by atoms with Gasteiger partial charge in [-0.3, -0.25) is 4.79 Å². The molecule has 9 nitrogen and oxygen atoms in total. The zero-order valence-electron chi connectivity index (χ0n) is 12.6. The van der Waals surface area contributed by atoms with E-state index in [4.69, 9.17) is 4.74 Å². The Kier molecular flexibility index (Phi) is 4.14. The highest BCUT2D eigenvalue weighted by atomic mass is 16.5. The second-order valence-corrected chi connectivity index (χ2v) is 5.48. The van der Waals surface area contributed by atoms with E-state index >= 15 is 0 Å². The van der Waals surface area contributed by atoms with Crippen LogP contribution >= 0.6 is 0 Å². The molecule has 2 aromatic heterocycles. The molecule has 0 saturated carbocycles. The number of nitrogens with zero attached hydrogens (tertiary/aromatic N) is 6. The highest BCUT2D eigenvalue weighted by Gasteiger charge is 2.25. The predicted octanol–water partition coefficient (Wildman–Crippen LogP) is -0.0429. The zero-order chi connectivity index (χ0) is 15.5. The van der Waals surface area contributed by atoms with Gasteiger partial charge in [0.15, 0.2) is 5.65 Å². The molecule has 0 radical (unpaired) electrons. The molecule has 0 bridgehead atoms. The third kappa shape index (κ3) is 3.30. The van der Waals surface area contributed by atoms with Crippen molar-refractivity contribution in [3.05, 3.63) is 12.1 Å². The highest BCUT2D eigenvalue weighted by molar-refractivity contribution is 5.76. The van der Waals surface area contributed by atoms with Crippen molar-refractivity contribution in [2.75, 3.05) is 25.0 Å². The number of amides is 1. The predicted molar refractivity (Wildman–Crippen MR) is 78.3 cm³/mol. The van der Waals surface area contributed by atoms with Gasteiger partial charge in [-0.1, -0.05) is 0 Å². The number of tetrazole rings is 1. The van der Waals surface area contributed by atoms with Crippen molar-refractivity contribution in [2.45, 2.75) is 32.5 Å². The topological polar surface area (TPSA) is 97.5 Å². The third-order valence-electron chi connectivity index (χ3n) is 3.49. The Bertz CT molecular complexity index is 649. The van der Waals surface area contributed by atoms with Crippen molar-refractivity contribution < 1.29 is 9.53 Å². The fraction of sp³-hybridized carbons (Fsp3) is 0.615. The van der Waals surface area contributed by atoms with Crippen molar-refractivity contribution in [3.63, 3.8) is 0 Å². The Morgan fingerprint density at radius 1 is 1.36 bits per heavy atom. The number of nitrogens with one attached hydrogen (secondary N) is 1. The van der Waals surface area contributed by atoms with E-state index in [0.717, 1.165) is 0 Å². The maximum atomic E-state index is 12.2. The van der Waals surface area contributed by atoms with Crippen LogP contribution in [0.25, 0.3) is 5.65 Å². The summed E-state index contributed by atoms with van der Waals surface area (Å²) in [7, 11) is 0. The van der Waals surface area contributed by atoms with Gasteiger partial charge in [-0.25, -0.2) is 0 Å². The van der Waals surface area contributed by atoms with E-state index in [1.54, 1.807) is 12.1 Å². The number of hydrogen-bond donors (Lipinski definition) is 1. The number of ether oxygens (including phenoxy) is 1. The van der Waals surface area contributed by atoms with E-state index in [1.807, 2.05) is 18.7 Å². The van der Waals surface area contributed by atoms with Gasteiger partial charge >= 0.3 is 0 Å². The smallest absolute Gasteiger partial charge is 0.224 e. The molecule has 3 rings (SSSR count). The normalized spacial score (nSPS) is 22.0. The minimum atomic E-state index is 0.0875. The highest BCUT2D eigenvalue weighted by Crippen LogP contribution is 2.12.